The number of hydrogen-bond acceptors (Lipinski definition) is 3. The molecule has 2 atom stereocenters. The zero-order valence-corrected chi connectivity index (χ0v) is 11.6. The fourth-order valence-electron chi connectivity index (χ4n) is 2.50. The van der Waals surface area contributed by atoms with Crippen LogP contribution in [0.1, 0.15) is 23.5 Å². The lowest BCUT2D eigenvalue weighted by atomic mass is 10.1. The molecular weight excluding hydrogens is 290 g/mol. The van der Waals surface area contributed by atoms with E-state index in [4.69, 9.17) is 0 Å². The molecule has 1 amide bonds. The van der Waals surface area contributed by atoms with E-state index in [1.54, 1.807) is 6.07 Å². The van der Waals surface area contributed by atoms with Crippen molar-refractivity contribution in [2.45, 2.75) is 18.9 Å². The first-order chi connectivity index (χ1) is 10.6. The van der Waals surface area contributed by atoms with Crippen molar-refractivity contribution in [3.63, 3.8) is 0 Å². The normalized spacial score (nSPS) is 19.8. The summed E-state index contributed by atoms with van der Waals surface area (Å²) in [5, 5.41) is 11.9. The Morgan fingerprint density at radius 2 is 2.14 bits per heavy atom. The van der Waals surface area contributed by atoms with Gasteiger partial charge in [-0.3, -0.25) is 9.78 Å². The summed E-state index contributed by atoms with van der Waals surface area (Å²) < 4.78 is 26.2. The number of halogens is 2. The van der Waals surface area contributed by atoms with E-state index in [2.05, 4.69) is 10.3 Å². The van der Waals surface area contributed by atoms with E-state index in [1.165, 1.54) is 18.5 Å². The molecule has 1 aliphatic carbocycles. The van der Waals surface area contributed by atoms with Crippen molar-refractivity contribution in [1.82, 2.24) is 4.98 Å². The van der Waals surface area contributed by atoms with Crippen LogP contribution in [-0.4, -0.2) is 16.0 Å². The number of aromatic nitrogens is 1. The highest BCUT2D eigenvalue weighted by atomic mass is 19.2. The van der Waals surface area contributed by atoms with Gasteiger partial charge in [0.1, 0.15) is 0 Å². The minimum Gasteiger partial charge on any atom is -0.392 e. The Morgan fingerprint density at radius 1 is 1.32 bits per heavy atom. The van der Waals surface area contributed by atoms with Gasteiger partial charge < -0.3 is 10.4 Å². The largest absolute Gasteiger partial charge is 0.392 e. The number of anilines is 1. The molecule has 1 aliphatic rings. The molecule has 1 saturated carbocycles. The van der Waals surface area contributed by atoms with Crippen molar-refractivity contribution in [2.24, 2.45) is 5.92 Å². The maximum absolute atomic E-state index is 13.2. The van der Waals surface area contributed by atoms with Gasteiger partial charge in [0.2, 0.25) is 5.91 Å². The van der Waals surface area contributed by atoms with Crippen LogP contribution >= 0.6 is 0 Å². The number of carbonyl (C=O) groups is 1. The Kier molecular flexibility index (Phi) is 3.85. The van der Waals surface area contributed by atoms with Gasteiger partial charge in [-0.2, -0.15) is 0 Å². The molecular formula is C16H14F2N2O2. The summed E-state index contributed by atoms with van der Waals surface area (Å²) in [6, 6.07) is 5.33. The van der Waals surface area contributed by atoms with Crippen molar-refractivity contribution in [1.29, 1.82) is 0 Å². The van der Waals surface area contributed by atoms with Crippen LogP contribution in [-0.2, 0) is 11.4 Å². The number of pyridine rings is 1. The van der Waals surface area contributed by atoms with E-state index in [1.807, 2.05) is 0 Å². The number of benzene rings is 1. The predicted octanol–water partition coefficient (Wildman–Crippen LogP) is 2.59. The third kappa shape index (κ3) is 2.82. The smallest absolute Gasteiger partial charge is 0.228 e. The summed E-state index contributed by atoms with van der Waals surface area (Å²) in [5.74, 6) is -2.40. The molecule has 6 heteroatoms. The van der Waals surface area contributed by atoms with Gasteiger partial charge in [0, 0.05) is 17.7 Å². The van der Waals surface area contributed by atoms with Crippen LogP contribution in [0.15, 0.2) is 36.7 Å². The molecule has 1 fully saturated rings. The number of carbonyl (C=O) groups excluding carboxylic acids is 1. The summed E-state index contributed by atoms with van der Waals surface area (Å²) in [6.07, 6.45) is 3.59. The van der Waals surface area contributed by atoms with Gasteiger partial charge >= 0.3 is 0 Å². The van der Waals surface area contributed by atoms with E-state index >= 15 is 0 Å². The first kappa shape index (κ1) is 14.6. The molecule has 0 bridgehead atoms. The number of amides is 1. The molecule has 114 valence electrons. The van der Waals surface area contributed by atoms with Crippen LogP contribution in [0.25, 0.3) is 0 Å². The second-order valence-corrected chi connectivity index (χ2v) is 5.30. The van der Waals surface area contributed by atoms with Crippen molar-refractivity contribution >= 4 is 11.6 Å². The molecule has 1 heterocycles. The third-order valence-corrected chi connectivity index (χ3v) is 3.84. The highest BCUT2D eigenvalue weighted by Crippen LogP contribution is 2.48. The van der Waals surface area contributed by atoms with Gasteiger partial charge in [0.25, 0.3) is 0 Å². The van der Waals surface area contributed by atoms with E-state index in [0.717, 1.165) is 12.1 Å². The number of hydrogen-bond donors (Lipinski definition) is 2. The van der Waals surface area contributed by atoms with Crippen LogP contribution in [0.5, 0.6) is 0 Å². The lowest BCUT2D eigenvalue weighted by molar-refractivity contribution is -0.117. The van der Waals surface area contributed by atoms with Gasteiger partial charge in [-0.05, 0) is 36.1 Å². The quantitative estimate of drug-likeness (QED) is 0.912. The van der Waals surface area contributed by atoms with Crippen molar-refractivity contribution in [3.8, 4) is 0 Å². The molecule has 1 aromatic heterocycles. The minimum absolute atomic E-state index is 0.107. The summed E-state index contributed by atoms with van der Waals surface area (Å²) >= 11 is 0. The second kappa shape index (κ2) is 5.81. The minimum atomic E-state index is -0.904. The Morgan fingerprint density at radius 3 is 2.86 bits per heavy atom. The van der Waals surface area contributed by atoms with Crippen molar-refractivity contribution in [2.75, 3.05) is 5.32 Å². The average molecular weight is 304 g/mol. The van der Waals surface area contributed by atoms with Crippen LogP contribution in [0.4, 0.5) is 14.5 Å². The van der Waals surface area contributed by atoms with Gasteiger partial charge in [-0.1, -0.05) is 6.07 Å². The Hall–Kier alpha value is -2.34. The van der Waals surface area contributed by atoms with Gasteiger partial charge in [-0.15, -0.1) is 0 Å². The summed E-state index contributed by atoms with van der Waals surface area (Å²) in [7, 11) is 0. The second-order valence-electron chi connectivity index (χ2n) is 5.30. The highest BCUT2D eigenvalue weighted by molar-refractivity contribution is 5.95. The van der Waals surface area contributed by atoms with E-state index in [0.29, 0.717) is 23.2 Å². The Labute approximate surface area is 125 Å². The molecule has 0 saturated heterocycles. The molecule has 0 aliphatic heterocycles. The van der Waals surface area contributed by atoms with E-state index < -0.39 is 11.6 Å². The van der Waals surface area contributed by atoms with Crippen LogP contribution in [0.3, 0.4) is 0 Å². The number of nitrogens with one attached hydrogen (secondary N) is 1. The predicted molar refractivity (Wildman–Crippen MR) is 76.0 cm³/mol. The highest BCUT2D eigenvalue weighted by Gasteiger charge is 2.44. The number of aliphatic hydroxyl groups excluding tert-OH is 1. The summed E-state index contributed by atoms with van der Waals surface area (Å²) in [5.41, 5.74) is 1.66. The number of nitrogens with zero attached hydrogens (tertiary/aromatic N) is 1. The average Bonchev–Trinajstić information content (AvgIpc) is 3.31. The lowest BCUT2D eigenvalue weighted by Crippen LogP contribution is -2.16. The first-order valence-electron chi connectivity index (χ1n) is 6.89. The number of rotatable bonds is 4. The fraction of sp³-hybridized carbons (Fsp3) is 0.250. The van der Waals surface area contributed by atoms with E-state index in [9.17, 15) is 18.7 Å². The first-order valence-corrected chi connectivity index (χ1v) is 6.89. The third-order valence-electron chi connectivity index (χ3n) is 3.84. The summed E-state index contributed by atoms with van der Waals surface area (Å²) in [4.78, 5) is 16.1. The lowest BCUT2D eigenvalue weighted by Gasteiger charge is -2.08. The Balaban J connectivity index is 1.69. The summed E-state index contributed by atoms with van der Waals surface area (Å²) in [6.45, 7) is -0.199. The molecule has 3 rings (SSSR count). The zero-order chi connectivity index (χ0) is 15.7. The Bertz CT molecular complexity index is 721. The molecule has 2 N–H and O–H groups in total. The standard InChI is InChI=1S/C16H14F2N2O2/c17-13-2-1-9(5-14(13)18)11-6-12(11)16(22)20-15-7-19-4-3-10(15)8-21/h1-5,7,11-12,21H,6,8H2,(H,20,22)/t11-,12-/m1/s1. The SMILES string of the molecule is O=C(Nc1cnccc1CO)[C@@H]1C[C@@H]1c1ccc(F)c(F)c1. The topological polar surface area (TPSA) is 62.2 Å². The van der Waals surface area contributed by atoms with Crippen LogP contribution in [0.2, 0.25) is 0 Å². The van der Waals surface area contributed by atoms with Crippen LogP contribution in [0, 0.1) is 17.6 Å². The van der Waals surface area contributed by atoms with Gasteiger partial charge in [0.05, 0.1) is 18.5 Å². The monoisotopic (exact) mass is 304 g/mol. The molecule has 2 aromatic rings. The molecule has 0 spiro atoms. The van der Waals surface area contributed by atoms with Gasteiger partial charge in [-0.25, -0.2) is 8.78 Å². The maximum atomic E-state index is 13.2. The molecule has 4 nitrogen and oxygen atoms in total. The molecule has 0 radical (unpaired) electrons. The maximum Gasteiger partial charge on any atom is 0.228 e. The van der Waals surface area contributed by atoms with E-state index in [-0.39, 0.29) is 24.3 Å². The van der Waals surface area contributed by atoms with Gasteiger partial charge in [0.15, 0.2) is 11.6 Å². The number of aliphatic hydroxyl groups is 1. The van der Waals surface area contributed by atoms with Crippen molar-refractivity contribution in [3.05, 3.63) is 59.4 Å². The van der Waals surface area contributed by atoms with Crippen LogP contribution < -0.4 is 5.32 Å². The molecule has 0 unspecified atom stereocenters. The fourth-order valence-corrected chi connectivity index (χ4v) is 2.50. The molecule has 1 aromatic carbocycles. The molecule has 22 heavy (non-hydrogen) atoms. The van der Waals surface area contributed by atoms with Crippen molar-refractivity contribution < 1.29 is 18.7 Å². The zero-order valence-electron chi connectivity index (χ0n) is 11.6.